The van der Waals surface area contributed by atoms with E-state index in [4.69, 9.17) is 4.74 Å². The largest absolute Gasteiger partial charge is 0.381 e. The van der Waals surface area contributed by atoms with E-state index in [0.717, 1.165) is 25.2 Å². The summed E-state index contributed by atoms with van der Waals surface area (Å²) in [6.07, 6.45) is 3.93. The molecule has 3 atom stereocenters. The summed E-state index contributed by atoms with van der Waals surface area (Å²) in [5, 5.41) is 3.56. The third kappa shape index (κ3) is 2.92. The lowest BCUT2D eigenvalue weighted by Crippen LogP contribution is -2.43. The van der Waals surface area contributed by atoms with Crippen molar-refractivity contribution in [3.8, 4) is 0 Å². The van der Waals surface area contributed by atoms with Gasteiger partial charge in [-0.3, -0.25) is 0 Å². The summed E-state index contributed by atoms with van der Waals surface area (Å²) in [6, 6.07) is 1.38. The quantitative estimate of drug-likeness (QED) is 0.755. The van der Waals surface area contributed by atoms with Gasteiger partial charge in [0.15, 0.2) is 0 Å². The Balaban J connectivity index is 1.75. The molecule has 2 aliphatic rings. The molecule has 0 spiro atoms. The maximum absolute atomic E-state index is 5.46. The maximum atomic E-state index is 5.46. The average molecular weight is 212 g/mol. The molecule has 2 heterocycles. The lowest BCUT2D eigenvalue weighted by Gasteiger charge is -2.30. The maximum Gasteiger partial charge on any atom is 0.0509 e. The Morgan fingerprint density at radius 3 is 2.93 bits per heavy atom. The fourth-order valence-electron chi connectivity index (χ4n) is 2.72. The molecule has 0 bridgehead atoms. The fourth-order valence-corrected chi connectivity index (χ4v) is 2.72. The molecule has 2 rings (SSSR count). The van der Waals surface area contributed by atoms with Gasteiger partial charge in [0.2, 0.25) is 0 Å². The van der Waals surface area contributed by atoms with Crippen molar-refractivity contribution in [3.63, 3.8) is 0 Å². The molecule has 3 nitrogen and oxygen atoms in total. The summed E-state index contributed by atoms with van der Waals surface area (Å²) in [4.78, 5) is 2.50. The van der Waals surface area contributed by atoms with Gasteiger partial charge in [0.1, 0.15) is 0 Å². The molecule has 1 N–H and O–H groups in total. The lowest BCUT2D eigenvalue weighted by atomic mass is 9.99. The van der Waals surface area contributed by atoms with Gasteiger partial charge < -0.3 is 15.0 Å². The number of ether oxygens (including phenoxy) is 1. The van der Waals surface area contributed by atoms with Crippen molar-refractivity contribution in [1.29, 1.82) is 0 Å². The van der Waals surface area contributed by atoms with E-state index in [1.165, 1.54) is 32.4 Å². The van der Waals surface area contributed by atoms with Gasteiger partial charge >= 0.3 is 0 Å². The van der Waals surface area contributed by atoms with Crippen LogP contribution >= 0.6 is 0 Å². The van der Waals surface area contributed by atoms with Crippen LogP contribution in [0.25, 0.3) is 0 Å². The Hall–Kier alpha value is -0.120. The molecule has 0 aliphatic carbocycles. The van der Waals surface area contributed by atoms with Crippen LogP contribution in [-0.4, -0.2) is 50.3 Å². The zero-order valence-electron chi connectivity index (χ0n) is 10.0. The first-order valence-corrected chi connectivity index (χ1v) is 6.28. The molecule has 2 aliphatic heterocycles. The number of nitrogens with zero attached hydrogens (tertiary/aromatic N) is 1. The molecule has 3 heteroatoms. The fraction of sp³-hybridized carbons (Fsp3) is 1.00. The van der Waals surface area contributed by atoms with Crippen molar-refractivity contribution < 1.29 is 4.74 Å². The summed E-state index contributed by atoms with van der Waals surface area (Å²) < 4.78 is 5.46. The van der Waals surface area contributed by atoms with Crippen molar-refractivity contribution in [2.75, 3.05) is 33.4 Å². The van der Waals surface area contributed by atoms with Gasteiger partial charge in [-0.2, -0.15) is 0 Å². The van der Waals surface area contributed by atoms with E-state index >= 15 is 0 Å². The first kappa shape index (κ1) is 11.4. The topological polar surface area (TPSA) is 24.5 Å². The standard InChI is InChI=1S/C12H24N2O/c1-10(11-5-7-15-9-11)14(2)8-12-4-3-6-13-12/h10-13H,3-9H2,1-2H3. The first-order valence-electron chi connectivity index (χ1n) is 6.28. The summed E-state index contributed by atoms with van der Waals surface area (Å²) in [5.74, 6) is 0.747. The molecular weight excluding hydrogens is 188 g/mol. The third-order valence-electron chi connectivity index (χ3n) is 4.01. The highest BCUT2D eigenvalue weighted by Crippen LogP contribution is 2.20. The minimum absolute atomic E-state index is 0.662. The molecule has 2 saturated heterocycles. The van der Waals surface area contributed by atoms with E-state index in [2.05, 4.69) is 24.2 Å². The Morgan fingerprint density at radius 2 is 2.33 bits per heavy atom. The molecular formula is C12H24N2O. The van der Waals surface area contributed by atoms with Gasteiger partial charge in [0.25, 0.3) is 0 Å². The van der Waals surface area contributed by atoms with Crippen LogP contribution in [0.4, 0.5) is 0 Å². The van der Waals surface area contributed by atoms with Crippen LogP contribution < -0.4 is 5.32 Å². The number of nitrogens with one attached hydrogen (secondary N) is 1. The van der Waals surface area contributed by atoms with Gasteiger partial charge in [-0.05, 0) is 45.7 Å². The Morgan fingerprint density at radius 1 is 1.47 bits per heavy atom. The van der Waals surface area contributed by atoms with Crippen molar-refractivity contribution >= 4 is 0 Å². The molecule has 0 aromatic rings. The smallest absolute Gasteiger partial charge is 0.0509 e. The van der Waals surface area contributed by atoms with E-state index in [1.54, 1.807) is 0 Å². The van der Waals surface area contributed by atoms with Crippen molar-refractivity contribution in [1.82, 2.24) is 10.2 Å². The number of rotatable bonds is 4. The molecule has 2 fully saturated rings. The third-order valence-corrected chi connectivity index (χ3v) is 4.01. The molecule has 15 heavy (non-hydrogen) atoms. The zero-order chi connectivity index (χ0) is 10.7. The normalized spacial score (nSPS) is 33.8. The molecule has 0 radical (unpaired) electrons. The van der Waals surface area contributed by atoms with E-state index in [9.17, 15) is 0 Å². The molecule has 3 unspecified atom stereocenters. The van der Waals surface area contributed by atoms with E-state index in [1.807, 2.05) is 0 Å². The second-order valence-corrected chi connectivity index (χ2v) is 5.10. The highest BCUT2D eigenvalue weighted by molar-refractivity contribution is 4.82. The van der Waals surface area contributed by atoms with Gasteiger partial charge in [-0.25, -0.2) is 0 Å². The number of hydrogen-bond acceptors (Lipinski definition) is 3. The molecule has 88 valence electrons. The van der Waals surface area contributed by atoms with Crippen LogP contribution in [0.5, 0.6) is 0 Å². The highest BCUT2D eigenvalue weighted by atomic mass is 16.5. The number of likely N-dealkylation sites (N-methyl/N-ethyl adjacent to an activating group) is 1. The molecule has 0 aromatic carbocycles. The van der Waals surface area contributed by atoms with Crippen molar-refractivity contribution in [2.24, 2.45) is 5.92 Å². The molecule has 0 aromatic heterocycles. The Kier molecular flexibility index (Phi) is 4.00. The first-order chi connectivity index (χ1) is 7.27. The van der Waals surface area contributed by atoms with Gasteiger partial charge in [-0.1, -0.05) is 0 Å². The summed E-state index contributed by atoms with van der Waals surface area (Å²) in [6.45, 7) is 6.67. The second-order valence-electron chi connectivity index (χ2n) is 5.10. The van der Waals surface area contributed by atoms with Crippen LogP contribution in [0.15, 0.2) is 0 Å². The van der Waals surface area contributed by atoms with Crippen LogP contribution in [0.2, 0.25) is 0 Å². The summed E-state index contributed by atoms with van der Waals surface area (Å²) >= 11 is 0. The monoisotopic (exact) mass is 212 g/mol. The minimum Gasteiger partial charge on any atom is -0.381 e. The Bertz CT molecular complexity index is 186. The van der Waals surface area contributed by atoms with Crippen molar-refractivity contribution in [2.45, 2.75) is 38.3 Å². The van der Waals surface area contributed by atoms with Gasteiger partial charge in [0, 0.05) is 25.2 Å². The van der Waals surface area contributed by atoms with Crippen molar-refractivity contribution in [3.05, 3.63) is 0 Å². The summed E-state index contributed by atoms with van der Waals surface area (Å²) in [5.41, 5.74) is 0. The minimum atomic E-state index is 0.662. The highest BCUT2D eigenvalue weighted by Gasteiger charge is 2.26. The van der Waals surface area contributed by atoms with Crippen LogP contribution in [0.3, 0.4) is 0 Å². The second kappa shape index (κ2) is 5.28. The van der Waals surface area contributed by atoms with E-state index in [-0.39, 0.29) is 0 Å². The summed E-state index contributed by atoms with van der Waals surface area (Å²) in [7, 11) is 2.25. The molecule has 0 amide bonds. The predicted octanol–water partition coefficient (Wildman–Crippen LogP) is 1.10. The van der Waals surface area contributed by atoms with E-state index < -0.39 is 0 Å². The SMILES string of the molecule is CC(C1CCOC1)N(C)CC1CCCN1. The zero-order valence-corrected chi connectivity index (χ0v) is 10.0. The van der Waals surface area contributed by atoms with Crippen LogP contribution in [-0.2, 0) is 4.74 Å². The molecule has 0 saturated carbocycles. The Labute approximate surface area is 93.2 Å². The van der Waals surface area contributed by atoms with Crippen LogP contribution in [0.1, 0.15) is 26.2 Å². The van der Waals surface area contributed by atoms with Crippen LogP contribution in [0, 0.1) is 5.92 Å². The number of hydrogen-bond donors (Lipinski definition) is 1. The average Bonchev–Trinajstić information content (AvgIpc) is 2.88. The van der Waals surface area contributed by atoms with E-state index in [0.29, 0.717) is 6.04 Å². The predicted molar refractivity (Wildman–Crippen MR) is 62.0 cm³/mol. The van der Waals surface area contributed by atoms with Gasteiger partial charge in [0.05, 0.1) is 6.61 Å². The lowest BCUT2D eigenvalue weighted by molar-refractivity contribution is 0.140. The van der Waals surface area contributed by atoms with Gasteiger partial charge in [-0.15, -0.1) is 0 Å².